The van der Waals surface area contributed by atoms with Gasteiger partial charge in [-0.3, -0.25) is 14.9 Å². The first kappa shape index (κ1) is 16.9. The Morgan fingerprint density at radius 2 is 1.93 bits per heavy atom. The van der Waals surface area contributed by atoms with Gasteiger partial charge in [-0.05, 0) is 11.6 Å². The number of hydrogen-bond acceptors (Lipinski definition) is 7. The topological polar surface area (TPSA) is 126 Å². The number of hydrogen-bond donors (Lipinski definition) is 2. The molecule has 1 amide bonds. The van der Waals surface area contributed by atoms with E-state index in [2.05, 4.69) is 25.5 Å². The average Bonchev–Trinajstić information content (AvgIpc) is 3.25. The van der Waals surface area contributed by atoms with Crippen LogP contribution in [0.3, 0.4) is 0 Å². The molecule has 0 bridgehead atoms. The number of aromatic nitrogens is 3. The number of carbonyl (C=O) groups is 1. The number of anilines is 1. The van der Waals surface area contributed by atoms with Gasteiger partial charge in [0, 0.05) is 23.4 Å². The van der Waals surface area contributed by atoms with Gasteiger partial charge in [0.25, 0.3) is 11.6 Å². The number of carbonyl (C=O) groups excluding carboxylic acids is 1. The van der Waals surface area contributed by atoms with Crippen LogP contribution in [0.4, 0.5) is 17.3 Å². The highest BCUT2D eigenvalue weighted by molar-refractivity contribution is 7.98. The van der Waals surface area contributed by atoms with E-state index in [1.165, 1.54) is 23.9 Å². The van der Waals surface area contributed by atoms with E-state index in [0.29, 0.717) is 16.6 Å². The molecule has 1 aromatic heterocycles. The number of nitrogens with one attached hydrogen (secondary N) is 2. The molecule has 4 rings (SSSR count). The summed E-state index contributed by atoms with van der Waals surface area (Å²) in [5, 5.41) is 20.7. The molecule has 10 heteroatoms. The third kappa shape index (κ3) is 3.55. The molecular weight excluding hydrogens is 368 g/mol. The Kier molecular flexibility index (Phi) is 4.38. The van der Waals surface area contributed by atoms with Crippen LogP contribution in [0, 0.1) is 10.1 Å². The van der Waals surface area contributed by atoms with E-state index in [0.717, 1.165) is 11.1 Å². The molecule has 27 heavy (non-hydrogen) atoms. The Hall–Kier alpha value is -3.53. The zero-order valence-electron chi connectivity index (χ0n) is 13.7. The first-order chi connectivity index (χ1) is 13.1. The van der Waals surface area contributed by atoms with Crippen LogP contribution < -0.4 is 5.32 Å². The van der Waals surface area contributed by atoms with Gasteiger partial charge in [-0.2, -0.15) is 4.98 Å². The van der Waals surface area contributed by atoms with Crippen molar-refractivity contribution < 1.29 is 9.72 Å². The van der Waals surface area contributed by atoms with Crippen molar-refractivity contribution in [3.05, 3.63) is 69.8 Å². The van der Waals surface area contributed by atoms with Gasteiger partial charge in [-0.25, -0.2) is 10.1 Å². The molecule has 2 aromatic carbocycles. The summed E-state index contributed by atoms with van der Waals surface area (Å²) >= 11 is 1.36. The van der Waals surface area contributed by atoms with Gasteiger partial charge in [-0.1, -0.05) is 42.1 Å². The van der Waals surface area contributed by atoms with Crippen LogP contribution in [0.5, 0.6) is 0 Å². The SMILES string of the molecule is O=C1Nc2ccccc2/C1=N/c1nc(SCc2ccc([N+](=O)[O-])cc2)n[nH]1. The van der Waals surface area contributed by atoms with Crippen molar-refractivity contribution in [2.45, 2.75) is 10.9 Å². The van der Waals surface area contributed by atoms with Gasteiger partial charge in [-0.15, -0.1) is 5.10 Å². The molecule has 0 radical (unpaired) electrons. The molecule has 0 fully saturated rings. The summed E-state index contributed by atoms with van der Waals surface area (Å²) in [6, 6.07) is 13.6. The molecule has 0 spiro atoms. The molecule has 0 aliphatic carbocycles. The second kappa shape index (κ2) is 7.00. The summed E-state index contributed by atoms with van der Waals surface area (Å²) in [5.74, 6) is 0.505. The second-order valence-electron chi connectivity index (χ2n) is 5.61. The molecule has 3 aromatic rings. The predicted octanol–water partition coefficient (Wildman–Crippen LogP) is 3.08. The highest BCUT2D eigenvalue weighted by Crippen LogP contribution is 2.26. The van der Waals surface area contributed by atoms with Crippen molar-refractivity contribution in [3.8, 4) is 0 Å². The number of benzene rings is 2. The quantitative estimate of drug-likeness (QED) is 0.398. The van der Waals surface area contributed by atoms with E-state index >= 15 is 0 Å². The first-order valence-corrected chi connectivity index (χ1v) is 8.87. The lowest BCUT2D eigenvalue weighted by Crippen LogP contribution is -2.14. The minimum Gasteiger partial charge on any atom is -0.320 e. The predicted molar refractivity (Wildman–Crippen MR) is 100 cm³/mol. The highest BCUT2D eigenvalue weighted by atomic mass is 32.2. The van der Waals surface area contributed by atoms with Crippen LogP contribution in [-0.4, -0.2) is 31.7 Å². The number of fused-ring (bicyclic) bond motifs is 1. The summed E-state index contributed by atoms with van der Waals surface area (Å²) in [7, 11) is 0. The zero-order valence-corrected chi connectivity index (χ0v) is 14.6. The molecule has 2 heterocycles. The number of amides is 1. The molecule has 1 aliphatic rings. The maximum Gasteiger partial charge on any atom is 0.275 e. The number of non-ortho nitro benzene ring substituents is 1. The number of H-pyrrole nitrogens is 1. The van der Waals surface area contributed by atoms with Crippen molar-refractivity contribution in [1.82, 2.24) is 15.2 Å². The Labute approximate surface area is 157 Å². The van der Waals surface area contributed by atoms with E-state index in [9.17, 15) is 14.9 Å². The summed E-state index contributed by atoms with van der Waals surface area (Å²) < 4.78 is 0. The van der Waals surface area contributed by atoms with Gasteiger partial charge in [0.2, 0.25) is 11.1 Å². The van der Waals surface area contributed by atoms with E-state index in [1.807, 2.05) is 24.3 Å². The number of nitrogens with zero attached hydrogens (tertiary/aromatic N) is 4. The molecular formula is C17H12N6O3S. The van der Waals surface area contributed by atoms with Crippen molar-refractivity contribution in [2.75, 3.05) is 5.32 Å². The van der Waals surface area contributed by atoms with Crippen LogP contribution in [0.25, 0.3) is 0 Å². The Morgan fingerprint density at radius 3 is 2.70 bits per heavy atom. The monoisotopic (exact) mass is 380 g/mol. The molecule has 0 unspecified atom stereocenters. The maximum absolute atomic E-state index is 12.1. The average molecular weight is 380 g/mol. The lowest BCUT2D eigenvalue weighted by molar-refractivity contribution is -0.384. The molecule has 0 saturated carbocycles. The number of thioether (sulfide) groups is 1. The van der Waals surface area contributed by atoms with E-state index < -0.39 is 4.92 Å². The standard InChI is InChI=1S/C17H12N6O3S/c24-15-14(12-3-1-2-4-13(12)18-15)19-16-20-17(22-21-16)27-9-10-5-7-11(8-6-10)23(25)26/h1-8H,9H2,(H2,18,19,20,21,22,24). The Morgan fingerprint density at radius 1 is 1.15 bits per heavy atom. The van der Waals surface area contributed by atoms with Crippen LogP contribution >= 0.6 is 11.8 Å². The van der Waals surface area contributed by atoms with Crippen LogP contribution in [-0.2, 0) is 10.5 Å². The third-order valence-electron chi connectivity index (χ3n) is 3.83. The van der Waals surface area contributed by atoms with Gasteiger partial charge in [0.1, 0.15) is 5.71 Å². The summed E-state index contributed by atoms with van der Waals surface area (Å²) in [5.41, 5.74) is 2.68. The fraction of sp³-hybridized carbons (Fsp3) is 0.0588. The second-order valence-corrected chi connectivity index (χ2v) is 6.56. The van der Waals surface area contributed by atoms with E-state index in [-0.39, 0.29) is 23.3 Å². The molecule has 1 aliphatic heterocycles. The van der Waals surface area contributed by atoms with Crippen LogP contribution in [0.1, 0.15) is 11.1 Å². The number of nitro groups is 1. The van der Waals surface area contributed by atoms with Crippen molar-refractivity contribution in [3.63, 3.8) is 0 Å². The molecule has 0 atom stereocenters. The smallest absolute Gasteiger partial charge is 0.275 e. The number of nitro benzene ring substituents is 1. The summed E-state index contributed by atoms with van der Waals surface area (Å²) in [4.78, 5) is 30.8. The lowest BCUT2D eigenvalue weighted by atomic mass is 10.1. The number of para-hydroxylation sites is 1. The lowest BCUT2D eigenvalue weighted by Gasteiger charge is -1.98. The fourth-order valence-corrected chi connectivity index (χ4v) is 3.28. The normalized spacial score (nSPS) is 14.2. The van der Waals surface area contributed by atoms with Gasteiger partial charge in [0.15, 0.2) is 0 Å². The molecule has 9 nitrogen and oxygen atoms in total. The van der Waals surface area contributed by atoms with Crippen molar-refractivity contribution in [2.24, 2.45) is 4.99 Å². The van der Waals surface area contributed by atoms with Crippen LogP contribution in [0.2, 0.25) is 0 Å². The summed E-state index contributed by atoms with van der Waals surface area (Å²) in [6.45, 7) is 0. The minimum atomic E-state index is -0.436. The Balaban J connectivity index is 1.46. The zero-order chi connectivity index (χ0) is 18.8. The van der Waals surface area contributed by atoms with E-state index in [1.54, 1.807) is 12.1 Å². The Bertz CT molecular complexity index is 1060. The number of aliphatic imine (C=N–C) groups is 1. The van der Waals surface area contributed by atoms with Crippen molar-refractivity contribution >= 4 is 40.7 Å². The highest BCUT2D eigenvalue weighted by Gasteiger charge is 2.25. The van der Waals surface area contributed by atoms with Gasteiger partial charge in [0.05, 0.1) is 10.6 Å². The van der Waals surface area contributed by atoms with Gasteiger partial charge >= 0.3 is 0 Å². The van der Waals surface area contributed by atoms with Crippen LogP contribution in [0.15, 0.2) is 58.7 Å². The van der Waals surface area contributed by atoms with Gasteiger partial charge < -0.3 is 5.32 Å². The summed E-state index contributed by atoms with van der Waals surface area (Å²) in [6.07, 6.45) is 0. The fourth-order valence-electron chi connectivity index (χ4n) is 2.53. The van der Waals surface area contributed by atoms with Crippen molar-refractivity contribution in [1.29, 1.82) is 0 Å². The number of aromatic amines is 1. The van der Waals surface area contributed by atoms with E-state index in [4.69, 9.17) is 0 Å². The third-order valence-corrected chi connectivity index (χ3v) is 4.75. The largest absolute Gasteiger partial charge is 0.320 e. The minimum absolute atomic E-state index is 0.0508. The first-order valence-electron chi connectivity index (χ1n) is 7.88. The maximum atomic E-state index is 12.1. The molecule has 2 N–H and O–H groups in total. The molecule has 134 valence electrons. The molecule has 0 saturated heterocycles. The number of rotatable bonds is 5.